The Morgan fingerprint density at radius 2 is 1.79 bits per heavy atom. The van der Waals surface area contributed by atoms with Crippen molar-refractivity contribution in [1.82, 2.24) is 9.78 Å². The third-order valence-corrected chi connectivity index (χ3v) is 3.65. The van der Waals surface area contributed by atoms with Gasteiger partial charge >= 0.3 is 0 Å². The van der Waals surface area contributed by atoms with Crippen molar-refractivity contribution in [3.05, 3.63) is 83.2 Å². The van der Waals surface area contributed by atoms with Crippen LogP contribution >= 0.6 is 0 Å². The molecule has 0 fully saturated rings. The van der Waals surface area contributed by atoms with Crippen molar-refractivity contribution >= 4 is 17.4 Å². The number of hydrogen-bond acceptors (Lipinski definition) is 3. The van der Waals surface area contributed by atoms with Crippen LogP contribution in [0.15, 0.2) is 60.8 Å². The number of rotatable bonds is 4. The third-order valence-electron chi connectivity index (χ3n) is 3.65. The molecule has 3 rings (SSSR count). The van der Waals surface area contributed by atoms with Crippen LogP contribution in [-0.2, 0) is 7.05 Å². The SMILES string of the molecule is Cc1ccc(NC(=O)c2ccn(C)n2)c(C(=O)c2ccccc2)c1. The summed E-state index contributed by atoms with van der Waals surface area (Å²) < 4.78 is 1.56. The molecule has 120 valence electrons. The molecular weight excluding hydrogens is 302 g/mol. The molecule has 1 amide bonds. The van der Waals surface area contributed by atoms with Gasteiger partial charge in [-0.25, -0.2) is 0 Å². The summed E-state index contributed by atoms with van der Waals surface area (Å²) in [5.41, 5.74) is 2.77. The Balaban J connectivity index is 1.94. The number of nitrogens with zero attached hydrogens (tertiary/aromatic N) is 2. The first-order valence-corrected chi connectivity index (χ1v) is 7.56. The van der Waals surface area contributed by atoms with Gasteiger partial charge in [0.1, 0.15) is 0 Å². The minimum Gasteiger partial charge on any atom is -0.320 e. The van der Waals surface area contributed by atoms with E-state index in [1.165, 1.54) is 0 Å². The van der Waals surface area contributed by atoms with Crippen molar-refractivity contribution in [1.29, 1.82) is 0 Å². The molecule has 0 aliphatic carbocycles. The zero-order valence-corrected chi connectivity index (χ0v) is 13.5. The van der Waals surface area contributed by atoms with E-state index in [4.69, 9.17) is 0 Å². The van der Waals surface area contributed by atoms with Crippen LogP contribution in [-0.4, -0.2) is 21.5 Å². The van der Waals surface area contributed by atoms with Crippen LogP contribution in [0.5, 0.6) is 0 Å². The largest absolute Gasteiger partial charge is 0.320 e. The molecule has 5 heteroatoms. The average Bonchev–Trinajstić information content (AvgIpc) is 3.03. The van der Waals surface area contributed by atoms with Gasteiger partial charge in [0.15, 0.2) is 11.5 Å². The Hall–Kier alpha value is -3.21. The molecule has 0 saturated heterocycles. The van der Waals surface area contributed by atoms with Gasteiger partial charge < -0.3 is 5.32 Å². The van der Waals surface area contributed by atoms with E-state index in [2.05, 4.69) is 10.4 Å². The molecule has 24 heavy (non-hydrogen) atoms. The van der Waals surface area contributed by atoms with Crippen molar-refractivity contribution in [3.8, 4) is 0 Å². The molecule has 0 aliphatic heterocycles. The van der Waals surface area contributed by atoms with Gasteiger partial charge in [0.25, 0.3) is 5.91 Å². The summed E-state index contributed by atoms with van der Waals surface area (Å²) in [7, 11) is 1.74. The van der Waals surface area contributed by atoms with Crippen molar-refractivity contribution in [2.75, 3.05) is 5.32 Å². The maximum absolute atomic E-state index is 12.8. The van der Waals surface area contributed by atoms with Crippen LogP contribution in [0.25, 0.3) is 0 Å². The van der Waals surface area contributed by atoms with E-state index in [-0.39, 0.29) is 11.7 Å². The molecule has 2 aromatic carbocycles. The number of amides is 1. The molecule has 5 nitrogen and oxygen atoms in total. The van der Waals surface area contributed by atoms with Gasteiger partial charge in [-0.2, -0.15) is 5.10 Å². The summed E-state index contributed by atoms with van der Waals surface area (Å²) >= 11 is 0. The second-order valence-electron chi connectivity index (χ2n) is 5.57. The summed E-state index contributed by atoms with van der Waals surface area (Å²) in [5, 5.41) is 6.86. The highest BCUT2D eigenvalue weighted by Gasteiger charge is 2.17. The van der Waals surface area contributed by atoms with Crippen LogP contribution in [0.3, 0.4) is 0 Å². The second kappa shape index (κ2) is 6.50. The minimum atomic E-state index is -0.346. The molecule has 0 unspecified atom stereocenters. The van der Waals surface area contributed by atoms with E-state index < -0.39 is 0 Å². The van der Waals surface area contributed by atoms with Crippen LogP contribution in [0, 0.1) is 6.92 Å². The Morgan fingerprint density at radius 3 is 2.46 bits per heavy atom. The average molecular weight is 319 g/mol. The van der Waals surface area contributed by atoms with Crippen molar-refractivity contribution in [3.63, 3.8) is 0 Å². The predicted molar refractivity (Wildman–Crippen MR) is 92.2 cm³/mol. The first-order chi connectivity index (χ1) is 11.5. The quantitative estimate of drug-likeness (QED) is 0.751. The van der Waals surface area contributed by atoms with Gasteiger partial charge in [-0.3, -0.25) is 14.3 Å². The summed E-state index contributed by atoms with van der Waals surface area (Å²) in [6, 6.07) is 16.0. The summed E-state index contributed by atoms with van der Waals surface area (Å²) in [6.45, 7) is 1.91. The lowest BCUT2D eigenvalue weighted by atomic mass is 9.99. The number of anilines is 1. The second-order valence-corrected chi connectivity index (χ2v) is 5.57. The highest BCUT2D eigenvalue weighted by atomic mass is 16.2. The van der Waals surface area contributed by atoms with E-state index in [1.54, 1.807) is 48.3 Å². The van der Waals surface area contributed by atoms with Crippen LogP contribution < -0.4 is 5.32 Å². The molecule has 0 aliphatic rings. The highest BCUT2D eigenvalue weighted by molar-refractivity contribution is 6.15. The fraction of sp³-hybridized carbons (Fsp3) is 0.105. The number of benzene rings is 2. The first-order valence-electron chi connectivity index (χ1n) is 7.56. The predicted octanol–water partition coefficient (Wildman–Crippen LogP) is 3.21. The summed E-state index contributed by atoms with van der Waals surface area (Å²) in [6.07, 6.45) is 1.69. The summed E-state index contributed by atoms with van der Waals surface area (Å²) in [4.78, 5) is 25.1. The van der Waals surface area contributed by atoms with E-state index in [0.717, 1.165) is 5.56 Å². The van der Waals surface area contributed by atoms with Gasteiger partial charge in [-0.15, -0.1) is 0 Å². The maximum Gasteiger partial charge on any atom is 0.276 e. The number of carbonyl (C=O) groups is 2. The number of aromatic nitrogens is 2. The molecule has 1 aromatic heterocycles. The van der Waals surface area contributed by atoms with E-state index in [9.17, 15) is 9.59 Å². The summed E-state index contributed by atoms with van der Waals surface area (Å²) in [5.74, 6) is -0.475. The number of carbonyl (C=O) groups excluding carboxylic acids is 2. The van der Waals surface area contributed by atoms with Crippen molar-refractivity contribution in [2.24, 2.45) is 7.05 Å². The van der Waals surface area contributed by atoms with Gasteiger partial charge in [-0.05, 0) is 25.1 Å². The molecule has 0 spiro atoms. The van der Waals surface area contributed by atoms with Crippen LogP contribution in [0.2, 0.25) is 0 Å². The maximum atomic E-state index is 12.8. The van der Waals surface area contributed by atoms with Gasteiger partial charge in [0.05, 0.1) is 5.69 Å². The molecule has 1 heterocycles. The molecule has 0 atom stereocenters. The topological polar surface area (TPSA) is 64.0 Å². The first kappa shape index (κ1) is 15.7. The van der Waals surface area contributed by atoms with E-state index in [1.807, 2.05) is 31.2 Å². The zero-order chi connectivity index (χ0) is 17.1. The lowest BCUT2D eigenvalue weighted by molar-refractivity contribution is 0.102. The third kappa shape index (κ3) is 3.25. The van der Waals surface area contributed by atoms with Gasteiger partial charge in [-0.1, -0.05) is 42.0 Å². The smallest absolute Gasteiger partial charge is 0.276 e. The monoisotopic (exact) mass is 319 g/mol. The van der Waals surface area contributed by atoms with E-state index in [0.29, 0.717) is 22.5 Å². The van der Waals surface area contributed by atoms with Crippen molar-refractivity contribution < 1.29 is 9.59 Å². The van der Waals surface area contributed by atoms with Crippen molar-refractivity contribution in [2.45, 2.75) is 6.92 Å². The highest BCUT2D eigenvalue weighted by Crippen LogP contribution is 2.21. The normalized spacial score (nSPS) is 10.4. The Labute approximate surface area is 139 Å². The Kier molecular flexibility index (Phi) is 4.24. The van der Waals surface area contributed by atoms with Crippen LogP contribution in [0.4, 0.5) is 5.69 Å². The van der Waals surface area contributed by atoms with E-state index >= 15 is 0 Å². The fourth-order valence-corrected chi connectivity index (χ4v) is 2.42. The Bertz CT molecular complexity index is 898. The number of ketones is 1. The molecule has 0 radical (unpaired) electrons. The Morgan fingerprint density at radius 1 is 1.04 bits per heavy atom. The zero-order valence-electron chi connectivity index (χ0n) is 13.5. The molecule has 3 aromatic rings. The van der Waals surface area contributed by atoms with Gasteiger partial charge in [0.2, 0.25) is 0 Å². The van der Waals surface area contributed by atoms with Gasteiger partial charge in [0, 0.05) is 24.4 Å². The lowest BCUT2D eigenvalue weighted by Crippen LogP contribution is -2.16. The molecule has 0 saturated carbocycles. The van der Waals surface area contributed by atoms with Crippen LogP contribution in [0.1, 0.15) is 32.0 Å². The number of nitrogens with one attached hydrogen (secondary N) is 1. The fourth-order valence-electron chi connectivity index (χ4n) is 2.42. The molecular formula is C19H17N3O2. The number of aryl methyl sites for hydroxylation is 2. The molecule has 1 N–H and O–H groups in total. The minimum absolute atomic E-state index is 0.129. The lowest BCUT2D eigenvalue weighted by Gasteiger charge is -2.11. The molecule has 0 bridgehead atoms. The standard InChI is InChI=1S/C19H17N3O2/c1-13-8-9-16(20-19(24)17-10-11-22(2)21-17)15(12-13)18(23)14-6-4-3-5-7-14/h3-12H,1-2H3,(H,20,24). The number of hydrogen-bond donors (Lipinski definition) is 1.